The van der Waals surface area contributed by atoms with Crippen LogP contribution in [0.3, 0.4) is 0 Å². The minimum atomic E-state index is -0.0885. The highest BCUT2D eigenvalue weighted by Gasteiger charge is 2.50. The standard InChI is InChI=1S/C24H31NO3/c1-16-7-6-11-24(2)14-22-18(13-20(16)24)19(23(26)28-22)15-25-12-10-17-8-4-5-9-21(17)27-3/h4-5,7-9,13,18-19,22,25H,6,10-12,14-15H2,1-3H3. The highest BCUT2D eigenvalue weighted by atomic mass is 16.6. The molecule has 4 heteroatoms. The number of rotatable bonds is 6. The van der Waals surface area contributed by atoms with E-state index in [2.05, 4.69) is 37.4 Å². The molecule has 1 N–H and O–H groups in total. The van der Waals surface area contributed by atoms with Crippen LogP contribution < -0.4 is 10.1 Å². The summed E-state index contributed by atoms with van der Waals surface area (Å²) in [5, 5.41) is 3.48. The molecule has 1 aromatic carbocycles. The molecule has 1 aromatic rings. The van der Waals surface area contributed by atoms with Gasteiger partial charge in [-0.2, -0.15) is 0 Å². The van der Waals surface area contributed by atoms with Gasteiger partial charge in [0.15, 0.2) is 0 Å². The monoisotopic (exact) mass is 381 g/mol. The molecule has 1 saturated heterocycles. The van der Waals surface area contributed by atoms with E-state index in [0.29, 0.717) is 6.54 Å². The van der Waals surface area contributed by atoms with Gasteiger partial charge >= 0.3 is 5.97 Å². The number of esters is 1. The summed E-state index contributed by atoms with van der Waals surface area (Å²) in [5.41, 5.74) is 4.17. The molecule has 28 heavy (non-hydrogen) atoms. The van der Waals surface area contributed by atoms with Gasteiger partial charge in [0.05, 0.1) is 13.0 Å². The zero-order valence-corrected chi connectivity index (χ0v) is 17.2. The Hall–Kier alpha value is -2.07. The fraction of sp³-hybridized carbons (Fsp3) is 0.542. The van der Waals surface area contributed by atoms with Crippen molar-refractivity contribution >= 4 is 5.97 Å². The molecule has 150 valence electrons. The largest absolute Gasteiger partial charge is 0.496 e. The van der Waals surface area contributed by atoms with Crippen LogP contribution in [0.25, 0.3) is 0 Å². The van der Waals surface area contributed by atoms with E-state index >= 15 is 0 Å². The first kappa shape index (κ1) is 19.3. The lowest BCUT2D eigenvalue weighted by atomic mass is 9.62. The molecule has 0 aromatic heterocycles. The summed E-state index contributed by atoms with van der Waals surface area (Å²) in [6.45, 7) is 6.02. The lowest BCUT2D eigenvalue weighted by Crippen LogP contribution is -2.38. The number of fused-ring (bicyclic) bond motifs is 2. The third-order valence-corrected chi connectivity index (χ3v) is 6.82. The summed E-state index contributed by atoms with van der Waals surface area (Å²) in [7, 11) is 1.70. The molecule has 0 radical (unpaired) electrons. The fourth-order valence-corrected chi connectivity index (χ4v) is 5.25. The number of nitrogens with one attached hydrogen (secondary N) is 1. The minimum absolute atomic E-state index is 0.0353. The van der Waals surface area contributed by atoms with Gasteiger partial charge in [-0.05, 0) is 61.8 Å². The molecule has 1 aliphatic heterocycles. The van der Waals surface area contributed by atoms with Gasteiger partial charge in [0.25, 0.3) is 0 Å². The third-order valence-electron chi connectivity index (χ3n) is 6.82. The number of para-hydroxylation sites is 1. The Balaban J connectivity index is 1.40. The van der Waals surface area contributed by atoms with Crippen LogP contribution >= 0.6 is 0 Å². The summed E-state index contributed by atoms with van der Waals surface area (Å²) in [4.78, 5) is 12.6. The van der Waals surface area contributed by atoms with Gasteiger partial charge in [-0.3, -0.25) is 4.79 Å². The van der Waals surface area contributed by atoms with Gasteiger partial charge in [0.1, 0.15) is 11.9 Å². The van der Waals surface area contributed by atoms with E-state index in [9.17, 15) is 4.79 Å². The summed E-state index contributed by atoms with van der Waals surface area (Å²) in [6, 6.07) is 8.09. The summed E-state index contributed by atoms with van der Waals surface area (Å²) in [6.07, 6.45) is 8.84. The first-order chi connectivity index (χ1) is 13.5. The second-order valence-electron chi connectivity index (χ2n) is 8.70. The number of carbonyl (C=O) groups is 1. The number of methoxy groups -OCH3 is 1. The number of hydrogen-bond acceptors (Lipinski definition) is 4. The first-order valence-corrected chi connectivity index (χ1v) is 10.4. The normalized spacial score (nSPS) is 31.4. The Morgan fingerprint density at radius 2 is 2.14 bits per heavy atom. The van der Waals surface area contributed by atoms with Crippen molar-refractivity contribution < 1.29 is 14.3 Å². The van der Waals surface area contributed by atoms with Crippen LogP contribution in [0.5, 0.6) is 5.75 Å². The quantitative estimate of drug-likeness (QED) is 0.596. The Morgan fingerprint density at radius 1 is 1.32 bits per heavy atom. The maximum Gasteiger partial charge on any atom is 0.311 e. The average Bonchev–Trinajstić information content (AvgIpc) is 2.97. The summed E-state index contributed by atoms with van der Waals surface area (Å²) < 4.78 is 11.2. The fourth-order valence-electron chi connectivity index (χ4n) is 5.25. The lowest BCUT2D eigenvalue weighted by molar-refractivity contribution is -0.145. The molecule has 1 heterocycles. The van der Waals surface area contributed by atoms with Crippen molar-refractivity contribution in [3.63, 3.8) is 0 Å². The van der Waals surface area contributed by atoms with Gasteiger partial charge in [-0.15, -0.1) is 0 Å². The topological polar surface area (TPSA) is 47.6 Å². The number of hydrogen-bond donors (Lipinski definition) is 1. The van der Waals surface area contributed by atoms with Crippen LogP contribution in [0.2, 0.25) is 0 Å². The average molecular weight is 382 g/mol. The van der Waals surface area contributed by atoms with E-state index in [1.807, 2.05) is 18.2 Å². The molecule has 4 atom stereocenters. The second kappa shape index (κ2) is 7.75. The first-order valence-electron chi connectivity index (χ1n) is 10.4. The van der Waals surface area contributed by atoms with Crippen LogP contribution in [0, 0.1) is 17.3 Å². The van der Waals surface area contributed by atoms with Crippen LogP contribution in [0.15, 0.2) is 47.6 Å². The molecule has 4 nitrogen and oxygen atoms in total. The van der Waals surface area contributed by atoms with Crippen LogP contribution in [0.4, 0.5) is 0 Å². The molecule has 2 aliphatic carbocycles. The van der Waals surface area contributed by atoms with E-state index in [4.69, 9.17) is 9.47 Å². The zero-order valence-electron chi connectivity index (χ0n) is 17.2. The maximum absolute atomic E-state index is 12.6. The Morgan fingerprint density at radius 3 is 2.96 bits per heavy atom. The summed E-state index contributed by atoms with van der Waals surface area (Å²) >= 11 is 0. The Bertz CT molecular complexity index is 812. The van der Waals surface area contributed by atoms with E-state index in [1.165, 1.54) is 16.7 Å². The van der Waals surface area contributed by atoms with E-state index in [1.54, 1.807) is 7.11 Å². The Labute approximate surface area is 168 Å². The molecule has 0 spiro atoms. The smallest absolute Gasteiger partial charge is 0.311 e. The van der Waals surface area contributed by atoms with E-state index in [0.717, 1.165) is 38.0 Å². The van der Waals surface area contributed by atoms with E-state index in [-0.39, 0.29) is 29.3 Å². The molecular formula is C24H31NO3. The summed E-state index contributed by atoms with van der Waals surface area (Å²) in [5.74, 6) is 0.978. The van der Waals surface area contributed by atoms with Crippen molar-refractivity contribution in [2.75, 3.05) is 20.2 Å². The van der Waals surface area contributed by atoms with Crippen LogP contribution in [-0.4, -0.2) is 32.3 Å². The van der Waals surface area contributed by atoms with Crippen LogP contribution in [-0.2, 0) is 16.0 Å². The predicted octanol–water partition coefficient (Wildman–Crippen LogP) is 4.06. The van der Waals surface area contributed by atoms with Crippen molar-refractivity contribution in [3.05, 3.63) is 53.1 Å². The van der Waals surface area contributed by atoms with Gasteiger partial charge in [0, 0.05) is 12.5 Å². The molecule has 4 rings (SSSR count). The van der Waals surface area contributed by atoms with E-state index < -0.39 is 0 Å². The van der Waals surface area contributed by atoms with Crippen LogP contribution in [0.1, 0.15) is 38.7 Å². The molecular weight excluding hydrogens is 350 g/mol. The third kappa shape index (κ3) is 3.50. The number of allylic oxidation sites excluding steroid dienone is 3. The molecule has 1 fully saturated rings. The number of benzene rings is 1. The molecule has 0 bridgehead atoms. The molecule has 0 amide bonds. The van der Waals surface area contributed by atoms with Gasteiger partial charge < -0.3 is 14.8 Å². The van der Waals surface area contributed by atoms with Gasteiger partial charge in [0.2, 0.25) is 0 Å². The zero-order chi connectivity index (χ0) is 19.7. The molecule has 3 aliphatic rings. The van der Waals surface area contributed by atoms with Crippen molar-refractivity contribution in [3.8, 4) is 5.75 Å². The van der Waals surface area contributed by atoms with Gasteiger partial charge in [-0.25, -0.2) is 0 Å². The SMILES string of the molecule is COc1ccccc1CCNCC1C(=O)OC2CC3(C)CCC=C(C)C3=CC21. The number of carbonyl (C=O) groups excluding carboxylic acids is 1. The lowest BCUT2D eigenvalue weighted by Gasteiger charge is -2.42. The highest BCUT2D eigenvalue weighted by Crippen LogP contribution is 2.52. The molecule has 4 unspecified atom stereocenters. The second-order valence-corrected chi connectivity index (χ2v) is 8.70. The van der Waals surface area contributed by atoms with Crippen molar-refractivity contribution in [1.29, 1.82) is 0 Å². The predicted molar refractivity (Wildman–Crippen MR) is 110 cm³/mol. The highest BCUT2D eigenvalue weighted by molar-refractivity contribution is 5.76. The van der Waals surface area contributed by atoms with Crippen molar-refractivity contribution in [1.82, 2.24) is 5.32 Å². The van der Waals surface area contributed by atoms with Crippen molar-refractivity contribution in [2.45, 2.75) is 45.6 Å². The number of ether oxygens (including phenoxy) is 2. The maximum atomic E-state index is 12.6. The minimum Gasteiger partial charge on any atom is -0.496 e. The van der Waals surface area contributed by atoms with Gasteiger partial charge in [-0.1, -0.05) is 42.8 Å². The molecule has 0 saturated carbocycles. The Kier molecular flexibility index (Phi) is 5.33. The van der Waals surface area contributed by atoms with Crippen molar-refractivity contribution in [2.24, 2.45) is 17.3 Å².